The van der Waals surface area contributed by atoms with E-state index >= 15 is 0 Å². The van der Waals surface area contributed by atoms with Crippen LogP contribution in [-0.4, -0.2) is 22.6 Å². The van der Waals surface area contributed by atoms with Crippen LogP contribution in [0.15, 0.2) is 0 Å². The molecule has 1 unspecified atom stereocenters. The Morgan fingerprint density at radius 3 is 2.08 bits per heavy atom. The first-order valence-corrected chi connectivity index (χ1v) is 15.4. The molecule has 0 aromatic heterocycles. The van der Waals surface area contributed by atoms with Gasteiger partial charge in [0.15, 0.2) is 5.60 Å². The largest absolute Gasteiger partial charge is 0.391 e. The van der Waals surface area contributed by atoms with Gasteiger partial charge in [0.25, 0.3) is 0 Å². The van der Waals surface area contributed by atoms with Crippen LogP contribution in [0.5, 0.6) is 0 Å². The van der Waals surface area contributed by atoms with Gasteiger partial charge in [-0.3, -0.25) is 4.79 Å². The molecule has 0 aromatic rings. The Hall–Kier alpha value is -0.900. The zero-order chi connectivity index (χ0) is 27.4. The molecule has 5 rings (SSSR count). The molecule has 5 saturated carbocycles. The van der Waals surface area contributed by atoms with Gasteiger partial charge in [-0.25, -0.2) is 4.79 Å². The second kappa shape index (κ2) is 8.31. The Kier molecular flexibility index (Phi) is 6.21. The minimum absolute atomic E-state index is 0.0367. The van der Waals surface area contributed by atoms with Gasteiger partial charge in [-0.05, 0) is 121 Å². The Morgan fingerprint density at radius 2 is 1.43 bits per heavy atom. The summed E-state index contributed by atoms with van der Waals surface area (Å²) in [6, 6.07) is 0. The van der Waals surface area contributed by atoms with E-state index in [1.165, 1.54) is 45.4 Å². The molecule has 4 nitrogen and oxygen atoms in total. The van der Waals surface area contributed by atoms with Gasteiger partial charge in [-0.2, -0.15) is 0 Å². The standard InChI is InChI=1S/C33H54O4/c1-20-12-14-29(6)17-18-30(7)23(26(29)21(20)2)10-11-25-31(30,8)15-13-24-28(4,5)16-19-33(36,32(24,25)9)27(35)37-22(3)34/h20-21,23-26,36H,10-19H2,1-9H3/t20-,21+,23-,24+,25+,26+,29-,30-,31-,32+,33?/m1/s1. The summed E-state index contributed by atoms with van der Waals surface area (Å²) in [6.07, 6.45) is 10.9. The molecule has 11 atom stereocenters. The van der Waals surface area contributed by atoms with E-state index in [4.69, 9.17) is 4.74 Å². The second-order valence-corrected chi connectivity index (χ2v) is 16.2. The number of esters is 2. The molecule has 0 heterocycles. The maximum Gasteiger partial charge on any atom is 0.346 e. The van der Waals surface area contributed by atoms with Crippen LogP contribution in [0, 0.1) is 62.6 Å². The molecule has 0 amide bonds. The van der Waals surface area contributed by atoms with Crippen LogP contribution in [0.4, 0.5) is 0 Å². The molecule has 5 aliphatic carbocycles. The van der Waals surface area contributed by atoms with Crippen LogP contribution in [0.1, 0.15) is 127 Å². The third-order valence-corrected chi connectivity index (χ3v) is 14.7. The van der Waals surface area contributed by atoms with E-state index < -0.39 is 23.0 Å². The highest BCUT2D eigenvalue weighted by Crippen LogP contribution is 2.78. The van der Waals surface area contributed by atoms with Crippen molar-refractivity contribution in [3.63, 3.8) is 0 Å². The molecule has 210 valence electrons. The summed E-state index contributed by atoms with van der Waals surface area (Å²) in [5.41, 5.74) is -1.53. The van der Waals surface area contributed by atoms with Crippen molar-refractivity contribution in [3.05, 3.63) is 0 Å². The highest BCUT2D eigenvalue weighted by Gasteiger charge is 2.75. The molecule has 0 spiro atoms. The van der Waals surface area contributed by atoms with E-state index in [0.29, 0.717) is 17.8 Å². The number of rotatable bonds is 1. The monoisotopic (exact) mass is 514 g/mol. The fourth-order valence-electron chi connectivity index (χ4n) is 12.2. The molecule has 0 aliphatic heterocycles. The third-order valence-electron chi connectivity index (χ3n) is 14.7. The lowest BCUT2D eigenvalue weighted by Crippen LogP contribution is -2.73. The smallest absolute Gasteiger partial charge is 0.346 e. The zero-order valence-corrected chi connectivity index (χ0v) is 25.2. The molecular weight excluding hydrogens is 460 g/mol. The summed E-state index contributed by atoms with van der Waals surface area (Å²) in [5, 5.41) is 12.4. The predicted molar refractivity (Wildman–Crippen MR) is 146 cm³/mol. The maximum absolute atomic E-state index is 13.6. The van der Waals surface area contributed by atoms with Crippen LogP contribution in [0.3, 0.4) is 0 Å². The summed E-state index contributed by atoms with van der Waals surface area (Å²) in [4.78, 5) is 25.4. The number of carbonyl (C=O) groups is 2. The lowest BCUT2D eigenvalue weighted by Gasteiger charge is -2.75. The van der Waals surface area contributed by atoms with Crippen molar-refractivity contribution in [3.8, 4) is 0 Å². The number of ether oxygens (including phenoxy) is 1. The van der Waals surface area contributed by atoms with Crippen molar-refractivity contribution in [1.29, 1.82) is 0 Å². The van der Waals surface area contributed by atoms with E-state index in [1.807, 2.05) is 0 Å². The first-order valence-electron chi connectivity index (χ1n) is 15.4. The number of hydrogen-bond donors (Lipinski definition) is 1. The van der Waals surface area contributed by atoms with E-state index in [0.717, 1.165) is 37.0 Å². The highest BCUT2D eigenvalue weighted by molar-refractivity contribution is 5.90. The lowest BCUT2D eigenvalue weighted by molar-refractivity contribution is -0.291. The fourth-order valence-corrected chi connectivity index (χ4v) is 12.2. The SMILES string of the molecule is CC(=O)OC(=O)C1(O)CCC(C)(C)[C@@H]2CC[C@]3(C)[C@H](CC[C@@H]4[C@@H]5[C@@H](C)[C@H](C)CC[C@]5(C)CC[C@]43C)[C@]21C. The van der Waals surface area contributed by atoms with E-state index in [-0.39, 0.29) is 28.1 Å². The van der Waals surface area contributed by atoms with Crippen molar-refractivity contribution in [2.75, 3.05) is 0 Å². The number of fused-ring (bicyclic) bond motifs is 7. The molecule has 0 saturated heterocycles. The Morgan fingerprint density at radius 1 is 0.757 bits per heavy atom. The molecule has 0 radical (unpaired) electrons. The third kappa shape index (κ3) is 3.42. The highest BCUT2D eigenvalue weighted by atomic mass is 16.6. The second-order valence-electron chi connectivity index (χ2n) is 16.2. The molecular formula is C33H54O4. The van der Waals surface area contributed by atoms with Crippen LogP contribution in [-0.2, 0) is 14.3 Å². The first kappa shape index (κ1) is 27.7. The van der Waals surface area contributed by atoms with Gasteiger partial charge in [0.1, 0.15) is 0 Å². The number of hydrogen-bond acceptors (Lipinski definition) is 4. The van der Waals surface area contributed by atoms with Crippen LogP contribution in [0.25, 0.3) is 0 Å². The van der Waals surface area contributed by atoms with E-state index in [1.54, 1.807) is 0 Å². The molecule has 5 aliphatic rings. The van der Waals surface area contributed by atoms with Gasteiger partial charge in [0, 0.05) is 12.3 Å². The summed E-state index contributed by atoms with van der Waals surface area (Å²) < 4.78 is 5.20. The topological polar surface area (TPSA) is 63.6 Å². The van der Waals surface area contributed by atoms with Crippen molar-refractivity contribution in [1.82, 2.24) is 0 Å². The summed E-state index contributed by atoms with van der Waals surface area (Å²) >= 11 is 0. The van der Waals surface area contributed by atoms with Crippen LogP contribution < -0.4 is 0 Å². The maximum atomic E-state index is 13.6. The van der Waals surface area contributed by atoms with E-state index in [2.05, 4.69) is 55.4 Å². The molecule has 0 aromatic carbocycles. The zero-order valence-electron chi connectivity index (χ0n) is 25.2. The molecule has 37 heavy (non-hydrogen) atoms. The van der Waals surface area contributed by atoms with Crippen molar-refractivity contribution in [2.45, 2.75) is 132 Å². The van der Waals surface area contributed by atoms with Crippen LogP contribution in [0.2, 0.25) is 0 Å². The van der Waals surface area contributed by atoms with Gasteiger partial charge < -0.3 is 9.84 Å². The van der Waals surface area contributed by atoms with Gasteiger partial charge in [-0.15, -0.1) is 0 Å². The summed E-state index contributed by atoms with van der Waals surface area (Å²) in [6.45, 7) is 20.9. The quantitative estimate of drug-likeness (QED) is 0.290. The van der Waals surface area contributed by atoms with Gasteiger partial charge in [0.05, 0.1) is 0 Å². The van der Waals surface area contributed by atoms with Gasteiger partial charge in [-0.1, -0.05) is 55.4 Å². The fraction of sp³-hybridized carbons (Fsp3) is 0.939. The summed E-state index contributed by atoms with van der Waals surface area (Å²) in [7, 11) is 0. The Labute approximate surface area is 226 Å². The minimum atomic E-state index is -1.62. The minimum Gasteiger partial charge on any atom is -0.391 e. The van der Waals surface area contributed by atoms with Gasteiger partial charge >= 0.3 is 11.9 Å². The normalized spacial score (nSPS) is 54.6. The van der Waals surface area contributed by atoms with E-state index in [9.17, 15) is 14.7 Å². The van der Waals surface area contributed by atoms with Crippen molar-refractivity contribution < 1.29 is 19.4 Å². The Balaban J connectivity index is 1.61. The number of carbonyl (C=O) groups excluding carboxylic acids is 2. The predicted octanol–water partition coefficient (Wildman–Crippen LogP) is 7.56. The Bertz CT molecular complexity index is 971. The average Bonchev–Trinajstić information content (AvgIpc) is 2.80. The van der Waals surface area contributed by atoms with Gasteiger partial charge in [0.2, 0.25) is 0 Å². The van der Waals surface area contributed by atoms with Crippen LogP contribution >= 0.6 is 0 Å². The summed E-state index contributed by atoms with van der Waals surface area (Å²) in [5.74, 6) is 2.09. The molecule has 0 bridgehead atoms. The van der Waals surface area contributed by atoms with Crippen molar-refractivity contribution in [2.24, 2.45) is 62.6 Å². The molecule has 1 N–H and O–H groups in total. The lowest BCUT2D eigenvalue weighted by atomic mass is 9.30. The van der Waals surface area contributed by atoms with Crippen molar-refractivity contribution >= 4 is 11.9 Å². The number of aliphatic hydroxyl groups is 1. The molecule has 5 fully saturated rings. The molecule has 4 heteroatoms. The first-order chi connectivity index (χ1) is 17.0. The average molecular weight is 515 g/mol.